The molecule has 0 saturated heterocycles. The molecule has 0 radical (unpaired) electrons. The van der Waals surface area contributed by atoms with Crippen molar-refractivity contribution < 1.29 is 24.5 Å². The highest BCUT2D eigenvalue weighted by atomic mass is 16.5. The summed E-state index contributed by atoms with van der Waals surface area (Å²) in [4.78, 5) is 24.7. The summed E-state index contributed by atoms with van der Waals surface area (Å²) in [5.74, 6) is -0.00581. The van der Waals surface area contributed by atoms with Gasteiger partial charge in [0.15, 0.2) is 0 Å². The number of carbonyl (C=O) groups excluding carboxylic acids is 2. The summed E-state index contributed by atoms with van der Waals surface area (Å²) in [7, 11) is 0. The first kappa shape index (κ1) is 87.3. The van der Waals surface area contributed by atoms with Crippen LogP contribution >= 0.6 is 0 Å². The van der Waals surface area contributed by atoms with Gasteiger partial charge in [0.1, 0.15) is 0 Å². The Labute approximate surface area is 558 Å². The maximum absolute atomic E-state index is 12.6. The number of rotatable bonds is 78. The summed E-state index contributed by atoms with van der Waals surface area (Å²) >= 11 is 0. The Morgan fingerprint density at radius 2 is 0.562 bits per heavy atom. The molecule has 0 fully saturated rings. The number of nitrogens with one attached hydrogen (secondary N) is 1. The van der Waals surface area contributed by atoms with E-state index in [2.05, 4.69) is 43.5 Å². The lowest BCUT2D eigenvalue weighted by atomic mass is 10.0. The van der Waals surface area contributed by atoms with Crippen LogP contribution in [0.4, 0.5) is 0 Å². The average molecular weight is 1250 g/mol. The van der Waals surface area contributed by atoms with Crippen LogP contribution < -0.4 is 5.32 Å². The molecule has 89 heavy (non-hydrogen) atoms. The first-order valence-electron chi connectivity index (χ1n) is 41.1. The minimum atomic E-state index is -0.664. The molecule has 6 nitrogen and oxygen atoms in total. The number of esters is 1. The minimum absolute atomic E-state index is 0.0214. The van der Waals surface area contributed by atoms with E-state index in [0.29, 0.717) is 25.9 Å². The number of aliphatic hydroxyl groups is 2. The van der Waals surface area contributed by atoms with Crippen LogP contribution in [0, 0.1) is 0 Å². The van der Waals surface area contributed by atoms with Crippen LogP contribution in [0.5, 0.6) is 0 Å². The Hall–Kier alpha value is -1.66. The van der Waals surface area contributed by atoms with Crippen molar-refractivity contribution in [1.29, 1.82) is 0 Å². The molecule has 0 bridgehead atoms. The first-order valence-corrected chi connectivity index (χ1v) is 41.1. The van der Waals surface area contributed by atoms with Gasteiger partial charge in [-0.2, -0.15) is 0 Å². The molecule has 528 valence electrons. The third kappa shape index (κ3) is 75.3. The summed E-state index contributed by atoms with van der Waals surface area (Å²) in [6.07, 6.45) is 101. The van der Waals surface area contributed by atoms with Crippen LogP contribution in [0.1, 0.15) is 470 Å². The smallest absolute Gasteiger partial charge is 0.305 e. The Kier molecular flexibility index (Phi) is 77.3. The predicted molar refractivity (Wildman–Crippen MR) is 393 cm³/mol. The molecule has 2 atom stereocenters. The fourth-order valence-electron chi connectivity index (χ4n) is 13.3. The Bertz CT molecular complexity index is 1400. The number of ether oxygens (including phenoxy) is 1. The molecule has 0 aromatic rings. The number of hydrogen-bond donors (Lipinski definition) is 3. The van der Waals surface area contributed by atoms with Gasteiger partial charge in [0.25, 0.3) is 0 Å². The van der Waals surface area contributed by atoms with Crippen molar-refractivity contribution in [3.8, 4) is 0 Å². The normalized spacial score (nSPS) is 12.5. The zero-order chi connectivity index (χ0) is 64.2. The second kappa shape index (κ2) is 78.8. The zero-order valence-electron chi connectivity index (χ0n) is 60.7. The van der Waals surface area contributed by atoms with E-state index in [1.54, 1.807) is 0 Å². The van der Waals surface area contributed by atoms with Gasteiger partial charge in [0.05, 0.1) is 25.4 Å². The van der Waals surface area contributed by atoms with Gasteiger partial charge in [-0.3, -0.25) is 9.59 Å². The molecule has 0 aromatic carbocycles. The van der Waals surface area contributed by atoms with Gasteiger partial charge in [0.2, 0.25) is 5.91 Å². The predicted octanol–water partition coefficient (Wildman–Crippen LogP) is 27.2. The van der Waals surface area contributed by atoms with Crippen molar-refractivity contribution in [2.24, 2.45) is 0 Å². The first-order chi connectivity index (χ1) is 44.0. The molecule has 1 amide bonds. The quantitative estimate of drug-likeness (QED) is 0.0320. The van der Waals surface area contributed by atoms with Crippen LogP contribution in [0.25, 0.3) is 0 Å². The van der Waals surface area contributed by atoms with Crippen LogP contribution in [0.15, 0.2) is 24.3 Å². The van der Waals surface area contributed by atoms with Gasteiger partial charge in [-0.25, -0.2) is 0 Å². The van der Waals surface area contributed by atoms with E-state index >= 15 is 0 Å². The summed E-state index contributed by atoms with van der Waals surface area (Å²) in [6, 6.07) is -0.541. The largest absolute Gasteiger partial charge is 0.466 e. The van der Waals surface area contributed by atoms with Crippen molar-refractivity contribution in [1.82, 2.24) is 5.32 Å². The number of carbonyl (C=O) groups is 2. The maximum Gasteiger partial charge on any atom is 0.305 e. The van der Waals surface area contributed by atoms with Gasteiger partial charge in [0, 0.05) is 12.8 Å². The number of hydrogen-bond acceptors (Lipinski definition) is 5. The van der Waals surface area contributed by atoms with Crippen LogP contribution in [-0.4, -0.2) is 47.4 Å². The van der Waals surface area contributed by atoms with Crippen molar-refractivity contribution in [3.05, 3.63) is 24.3 Å². The standard InChI is InChI=1S/C83H161NO5/c1-3-5-7-9-11-13-15-17-19-21-22-38-41-44-47-51-55-59-63-67-71-75-81(86)80(79-85)84-82(87)76-72-68-64-60-56-52-48-45-42-39-36-34-32-30-28-26-24-23-25-27-29-31-33-35-37-40-43-46-50-54-58-62-66-70-74-78-89-83(88)77-73-69-65-61-57-53-49-20-18-16-14-12-10-8-6-4-2/h25,27,31,33,80-81,85-86H,3-24,26,28-30,32,34-79H2,1-2H3,(H,84,87)/b27-25-,33-31-. The van der Waals surface area contributed by atoms with E-state index < -0.39 is 12.1 Å². The highest BCUT2D eigenvalue weighted by Crippen LogP contribution is 2.20. The topological polar surface area (TPSA) is 95.9 Å². The molecule has 0 rings (SSSR count). The number of amides is 1. The number of allylic oxidation sites excluding steroid dienone is 4. The fraction of sp³-hybridized carbons (Fsp3) is 0.928. The molecular weight excluding hydrogens is 1090 g/mol. The highest BCUT2D eigenvalue weighted by Gasteiger charge is 2.20. The van der Waals surface area contributed by atoms with Gasteiger partial charge in [-0.05, 0) is 57.8 Å². The second-order valence-corrected chi connectivity index (χ2v) is 28.5. The third-order valence-electron chi connectivity index (χ3n) is 19.5. The Morgan fingerprint density at radius 1 is 0.315 bits per heavy atom. The fourth-order valence-corrected chi connectivity index (χ4v) is 13.3. The van der Waals surface area contributed by atoms with Crippen LogP contribution in [0.3, 0.4) is 0 Å². The van der Waals surface area contributed by atoms with E-state index in [0.717, 1.165) is 44.9 Å². The number of unbranched alkanes of at least 4 members (excludes halogenated alkanes) is 63. The molecule has 0 aliphatic heterocycles. The van der Waals surface area contributed by atoms with Crippen molar-refractivity contribution in [3.63, 3.8) is 0 Å². The van der Waals surface area contributed by atoms with Gasteiger partial charge in [-0.15, -0.1) is 0 Å². The molecule has 0 saturated carbocycles. The van der Waals surface area contributed by atoms with Gasteiger partial charge < -0.3 is 20.3 Å². The van der Waals surface area contributed by atoms with E-state index in [9.17, 15) is 19.8 Å². The second-order valence-electron chi connectivity index (χ2n) is 28.5. The molecule has 6 heteroatoms. The zero-order valence-corrected chi connectivity index (χ0v) is 60.7. The molecule has 0 aromatic heterocycles. The Morgan fingerprint density at radius 3 is 0.854 bits per heavy atom. The average Bonchev–Trinajstić information content (AvgIpc) is 3.65. The van der Waals surface area contributed by atoms with E-state index in [1.165, 1.54) is 392 Å². The summed E-state index contributed by atoms with van der Waals surface area (Å²) in [5, 5.41) is 23.5. The van der Waals surface area contributed by atoms with Crippen molar-refractivity contribution >= 4 is 11.9 Å². The van der Waals surface area contributed by atoms with Crippen LogP contribution in [0.2, 0.25) is 0 Å². The lowest BCUT2D eigenvalue weighted by molar-refractivity contribution is -0.143. The van der Waals surface area contributed by atoms with Gasteiger partial charge in [-0.1, -0.05) is 423 Å². The van der Waals surface area contributed by atoms with E-state index in [1.807, 2.05) is 0 Å². The molecule has 3 N–H and O–H groups in total. The SMILES string of the molecule is CCCCCCCCCCCCCCCCCCCCCCCC(O)C(CO)NC(=O)CCCCCCCCCCCCCCCCCCC/C=C\C/C=C\CCCCCCCCCCCCCOC(=O)CCCCCCCCCCCCCCCCCC. The summed E-state index contributed by atoms with van der Waals surface area (Å²) in [6.45, 7) is 5.01. The van der Waals surface area contributed by atoms with Crippen molar-refractivity contribution in [2.75, 3.05) is 13.2 Å². The monoisotopic (exact) mass is 1250 g/mol. The van der Waals surface area contributed by atoms with Gasteiger partial charge >= 0.3 is 5.97 Å². The third-order valence-corrected chi connectivity index (χ3v) is 19.5. The highest BCUT2D eigenvalue weighted by molar-refractivity contribution is 5.76. The molecular formula is C83H161NO5. The molecule has 2 unspecified atom stereocenters. The summed E-state index contributed by atoms with van der Waals surface area (Å²) in [5.41, 5.74) is 0. The molecule has 0 aliphatic carbocycles. The lowest BCUT2D eigenvalue weighted by Crippen LogP contribution is -2.45. The number of aliphatic hydroxyl groups excluding tert-OH is 2. The lowest BCUT2D eigenvalue weighted by Gasteiger charge is -2.22. The van der Waals surface area contributed by atoms with E-state index in [-0.39, 0.29) is 18.5 Å². The Balaban J connectivity index is 3.36. The van der Waals surface area contributed by atoms with Crippen LogP contribution in [-0.2, 0) is 14.3 Å². The van der Waals surface area contributed by atoms with Crippen molar-refractivity contribution in [2.45, 2.75) is 482 Å². The maximum atomic E-state index is 12.6. The molecule has 0 spiro atoms. The minimum Gasteiger partial charge on any atom is -0.466 e. The van der Waals surface area contributed by atoms with E-state index in [4.69, 9.17) is 4.74 Å². The molecule has 0 aliphatic rings. The summed E-state index contributed by atoms with van der Waals surface area (Å²) < 4.78 is 5.51. The molecule has 0 heterocycles.